The summed E-state index contributed by atoms with van der Waals surface area (Å²) in [7, 11) is -3.83. The lowest BCUT2D eigenvalue weighted by molar-refractivity contribution is -0.147. The monoisotopic (exact) mass is 396 g/mol. The fraction of sp³-hybridized carbons (Fsp3) is 0.182. The molecule has 1 aliphatic rings. The zero-order chi connectivity index (χ0) is 20.1. The van der Waals surface area contributed by atoms with E-state index >= 15 is 0 Å². The lowest BCUT2D eigenvalue weighted by Gasteiger charge is -2.31. The molecule has 1 saturated carbocycles. The van der Waals surface area contributed by atoms with Crippen molar-refractivity contribution in [1.82, 2.24) is 4.72 Å². The number of hydrogen-bond acceptors (Lipinski definition) is 4. The Bertz CT molecular complexity index is 888. The highest BCUT2D eigenvalue weighted by molar-refractivity contribution is 7.89. The first-order chi connectivity index (χ1) is 13.4. The van der Waals surface area contributed by atoms with Crippen molar-refractivity contribution in [3.8, 4) is 0 Å². The van der Waals surface area contributed by atoms with Crippen molar-refractivity contribution < 1.29 is 17.9 Å². The van der Waals surface area contributed by atoms with Gasteiger partial charge in [-0.2, -0.15) is 0 Å². The van der Waals surface area contributed by atoms with Crippen LogP contribution in [0.25, 0.3) is 0 Å². The molecule has 1 N–H and O–H groups in total. The van der Waals surface area contributed by atoms with Gasteiger partial charge in [-0.1, -0.05) is 48.0 Å². The van der Waals surface area contributed by atoms with E-state index in [1.807, 2.05) is 62.9 Å². The van der Waals surface area contributed by atoms with Gasteiger partial charge in [-0.15, -0.1) is 0 Å². The molecule has 0 spiro atoms. The molecule has 1 aliphatic carbocycles. The topological polar surface area (TPSA) is 72.5 Å². The number of carbonyl (C=O) groups is 1. The summed E-state index contributed by atoms with van der Waals surface area (Å²) in [5, 5.41) is 0. The molecule has 0 amide bonds. The second-order valence-electron chi connectivity index (χ2n) is 6.57. The van der Waals surface area contributed by atoms with E-state index in [0.29, 0.717) is 11.5 Å². The van der Waals surface area contributed by atoms with Crippen LogP contribution in [0.3, 0.4) is 0 Å². The molecule has 5 nitrogen and oxygen atoms in total. The molecule has 5 radical (unpaired) electrons. The van der Waals surface area contributed by atoms with Gasteiger partial charge in [0.1, 0.15) is 6.10 Å². The molecule has 2 aromatic rings. The van der Waals surface area contributed by atoms with Crippen LogP contribution in [0.1, 0.15) is 24.2 Å². The summed E-state index contributed by atoms with van der Waals surface area (Å²) < 4.78 is 34.3. The van der Waals surface area contributed by atoms with Gasteiger partial charge in [-0.05, 0) is 50.3 Å². The molecule has 145 valence electrons. The second kappa shape index (κ2) is 8.88. The standard InChI is InChI=1S/C22H22NO4S/c1-16-12-14-20(15-13-16)28(25,26)23-21(18-8-6-7-9-18)22(27-17(2)24)19-10-4-3-5-11-19/h3-15,21-23H,1-2H3/t21-,22+/m0/s1. The fourth-order valence-electron chi connectivity index (χ4n) is 3.00. The Morgan fingerprint density at radius 3 is 2.14 bits per heavy atom. The third-order valence-electron chi connectivity index (χ3n) is 4.38. The van der Waals surface area contributed by atoms with Crippen molar-refractivity contribution in [3.63, 3.8) is 0 Å². The Morgan fingerprint density at radius 2 is 1.57 bits per heavy atom. The maximum Gasteiger partial charge on any atom is 0.303 e. The molecule has 0 aromatic heterocycles. The van der Waals surface area contributed by atoms with Crippen molar-refractivity contribution in [1.29, 1.82) is 0 Å². The summed E-state index contributed by atoms with van der Waals surface area (Å²) in [6.45, 7) is 3.20. The van der Waals surface area contributed by atoms with E-state index < -0.39 is 28.1 Å². The predicted molar refractivity (Wildman–Crippen MR) is 107 cm³/mol. The molecule has 0 bridgehead atoms. The van der Waals surface area contributed by atoms with E-state index in [4.69, 9.17) is 4.74 Å². The summed E-state index contributed by atoms with van der Waals surface area (Å²) >= 11 is 0. The molecule has 1 fully saturated rings. The van der Waals surface area contributed by atoms with Crippen LogP contribution in [-0.2, 0) is 19.6 Å². The number of aryl methyl sites for hydroxylation is 1. The molecule has 0 heterocycles. The summed E-state index contributed by atoms with van der Waals surface area (Å²) in [5.74, 6) is 0.228. The Labute approximate surface area is 167 Å². The number of ether oxygens (including phenoxy) is 1. The third-order valence-corrected chi connectivity index (χ3v) is 5.84. The SMILES string of the molecule is CC(=O)O[C@H](c1ccccc1)[C@@H](NS(=O)(=O)c1ccc(C)cc1)[C]1[CH][CH][CH][CH]1. The number of rotatable bonds is 7. The van der Waals surface area contributed by atoms with E-state index in [2.05, 4.69) is 4.72 Å². The van der Waals surface area contributed by atoms with Gasteiger partial charge in [0.15, 0.2) is 0 Å². The van der Waals surface area contributed by atoms with Gasteiger partial charge in [0.2, 0.25) is 10.0 Å². The second-order valence-corrected chi connectivity index (χ2v) is 8.28. The van der Waals surface area contributed by atoms with E-state index in [0.717, 1.165) is 5.56 Å². The molecule has 0 unspecified atom stereocenters. The van der Waals surface area contributed by atoms with Crippen molar-refractivity contribution in [3.05, 3.63) is 97.3 Å². The van der Waals surface area contributed by atoms with Crippen LogP contribution in [0.2, 0.25) is 0 Å². The molecule has 2 aromatic carbocycles. The molecule has 0 saturated heterocycles. The van der Waals surface area contributed by atoms with Crippen LogP contribution in [0.15, 0.2) is 59.5 Å². The van der Waals surface area contributed by atoms with Crippen molar-refractivity contribution in [2.45, 2.75) is 30.9 Å². The Balaban J connectivity index is 1.97. The lowest BCUT2D eigenvalue weighted by Crippen LogP contribution is -2.44. The zero-order valence-corrected chi connectivity index (χ0v) is 16.5. The normalized spacial score (nSPS) is 17.2. The molecule has 3 rings (SSSR count). The quantitative estimate of drug-likeness (QED) is 0.729. The zero-order valence-electron chi connectivity index (χ0n) is 15.7. The van der Waals surface area contributed by atoms with E-state index in [9.17, 15) is 13.2 Å². The number of sulfonamides is 1. The minimum Gasteiger partial charge on any atom is -0.456 e. The maximum absolute atomic E-state index is 13.0. The first kappa shape index (κ1) is 20.6. The van der Waals surface area contributed by atoms with E-state index in [1.54, 1.807) is 24.3 Å². The predicted octanol–water partition coefficient (Wildman–Crippen LogP) is 3.35. The van der Waals surface area contributed by atoms with Crippen molar-refractivity contribution in [2.75, 3.05) is 0 Å². The van der Waals surface area contributed by atoms with Crippen LogP contribution >= 0.6 is 0 Å². The molecule has 6 heteroatoms. The number of esters is 1. The highest BCUT2D eigenvalue weighted by Gasteiger charge is 2.38. The van der Waals surface area contributed by atoms with Gasteiger partial charge in [0.05, 0.1) is 10.9 Å². The number of benzene rings is 2. The van der Waals surface area contributed by atoms with Crippen LogP contribution in [0.5, 0.6) is 0 Å². The van der Waals surface area contributed by atoms with Crippen LogP contribution in [-0.4, -0.2) is 20.4 Å². The highest BCUT2D eigenvalue weighted by Crippen LogP contribution is 2.36. The highest BCUT2D eigenvalue weighted by atomic mass is 32.2. The van der Waals surface area contributed by atoms with E-state index in [-0.39, 0.29) is 4.90 Å². The van der Waals surface area contributed by atoms with Gasteiger partial charge in [0.25, 0.3) is 0 Å². The average molecular weight is 396 g/mol. The van der Waals surface area contributed by atoms with Crippen molar-refractivity contribution >= 4 is 16.0 Å². The number of nitrogens with one attached hydrogen (secondary N) is 1. The van der Waals surface area contributed by atoms with Gasteiger partial charge in [-0.25, -0.2) is 13.1 Å². The molecule has 0 aliphatic heterocycles. The Kier molecular flexibility index (Phi) is 6.52. The maximum atomic E-state index is 13.0. The molecule has 2 atom stereocenters. The van der Waals surface area contributed by atoms with Crippen LogP contribution < -0.4 is 4.72 Å². The minimum absolute atomic E-state index is 0.157. The van der Waals surface area contributed by atoms with Gasteiger partial charge < -0.3 is 4.74 Å². The smallest absolute Gasteiger partial charge is 0.303 e. The Hall–Kier alpha value is -2.18. The van der Waals surface area contributed by atoms with Crippen LogP contribution in [0, 0.1) is 38.5 Å². The molecule has 28 heavy (non-hydrogen) atoms. The lowest BCUT2D eigenvalue weighted by atomic mass is 9.90. The molecular formula is C22H22NO4S. The number of hydrogen-bond donors (Lipinski definition) is 1. The fourth-order valence-corrected chi connectivity index (χ4v) is 4.23. The average Bonchev–Trinajstić information content (AvgIpc) is 3.20. The number of carbonyl (C=O) groups excluding carboxylic acids is 1. The first-order valence-electron chi connectivity index (χ1n) is 8.89. The summed E-state index contributed by atoms with van der Waals surface area (Å²) in [6, 6.07) is 14.9. The largest absolute Gasteiger partial charge is 0.456 e. The minimum atomic E-state index is -3.83. The summed E-state index contributed by atoms with van der Waals surface area (Å²) in [5.41, 5.74) is 1.67. The summed E-state index contributed by atoms with van der Waals surface area (Å²) in [4.78, 5) is 11.9. The van der Waals surface area contributed by atoms with Gasteiger partial charge >= 0.3 is 5.97 Å². The molecular weight excluding hydrogens is 374 g/mol. The first-order valence-corrected chi connectivity index (χ1v) is 10.4. The van der Waals surface area contributed by atoms with E-state index in [1.165, 1.54) is 6.92 Å². The third kappa shape index (κ3) is 5.00. The summed E-state index contributed by atoms with van der Waals surface area (Å²) in [6.07, 6.45) is 6.45. The van der Waals surface area contributed by atoms with Gasteiger partial charge in [-0.3, -0.25) is 4.79 Å². The van der Waals surface area contributed by atoms with Crippen LogP contribution in [0.4, 0.5) is 0 Å². The van der Waals surface area contributed by atoms with Gasteiger partial charge in [0, 0.05) is 12.8 Å². The van der Waals surface area contributed by atoms with Crippen molar-refractivity contribution in [2.24, 2.45) is 0 Å². The Morgan fingerprint density at radius 1 is 0.964 bits per heavy atom.